The molecule has 0 atom stereocenters. The molecule has 0 saturated carbocycles. The molecular weight excluding hydrogens is 267 g/mol. The van der Waals surface area contributed by atoms with Gasteiger partial charge in [-0.25, -0.2) is 14.2 Å². The Bertz CT molecular complexity index is 581. The largest absolute Gasteiger partial charge is 0.465 e. The fourth-order valence-corrected chi connectivity index (χ4v) is 2.41. The summed E-state index contributed by atoms with van der Waals surface area (Å²) in [6, 6.07) is 6.21. The van der Waals surface area contributed by atoms with E-state index in [0.29, 0.717) is 22.2 Å². The lowest BCUT2D eigenvalue weighted by atomic mass is 10.2. The van der Waals surface area contributed by atoms with Gasteiger partial charge in [-0.2, -0.15) is 0 Å². The van der Waals surface area contributed by atoms with Crippen molar-refractivity contribution >= 4 is 22.4 Å². The fraction of sp³-hybridized carbons (Fsp3) is 0.231. The second kappa shape index (κ2) is 5.79. The SMILES string of the molecule is COC(=O)c1sc(NCc2ccc(F)cc2)nc1C. The average Bonchev–Trinajstić information content (AvgIpc) is 2.78. The summed E-state index contributed by atoms with van der Waals surface area (Å²) >= 11 is 1.24. The maximum Gasteiger partial charge on any atom is 0.350 e. The topological polar surface area (TPSA) is 51.2 Å². The highest BCUT2D eigenvalue weighted by molar-refractivity contribution is 7.17. The number of aromatic nitrogens is 1. The standard InChI is InChI=1S/C13H13FN2O2S/c1-8-11(12(17)18-2)19-13(16-8)15-7-9-3-5-10(14)6-4-9/h3-6H,7H2,1-2H3,(H,15,16). The van der Waals surface area contributed by atoms with Crippen LogP contribution in [0.2, 0.25) is 0 Å². The molecule has 0 aliphatic heterocycles. The third kappa shape index (κ3) is 3.29. The molecule has 19 heavy (non-hydrogen) atoms. The van der Waals surface area contributed by atoms with Crippen LogP contribution in [0.5, 0.6) is 0 Å². The molecule has 0 amide bonds. The van der Waals surface area contributed by atoms with Crippen molar-refractivity contribution in [2.24, 2.45) is 0 Å². The minimum Gasteiger partial charge on any atom is -0.465 e. The first-order valence-corrected chi connectivity index (χ1v) is 6.46. The molecular formula is C13H13FN2O2S. The third-order valence-electron chi connectivity index (χ3n) is 2.52. The Morgan fingerprint density at radius 1 is 1.42 bits per heavy atom. The molecule has 2 aromatic rings. The minimum atomic E-state index is -0.384. The van der Waals surface area contributed by atoms with Gasteiger partial charge >= 0.3 is 5.97 Å². The molecule has 100 valence electrons. The van der Waals surface area contributed by atoms with Crippen LogP contribution in [0.25, 0.3) is 0 Å². The Labute approximate surface area is 114 Å². The van der Waals surface area contributed by atoms with Gasteiger partial charge in [0.05, 0.1) is 12.8 Å². The van der Waals surface area contributed by atoms with Gasteiger partial charge in [0.2, 0.25) is 0 Å². The van der Waals surface area contributed by atoms with Crippen LogP contribution in [0.15, 0.2) is 24.3 Å². The molecule has 0 saturated heterocycles. The van der Waals surface area contributed by atoms with Crippen LogP contribution in [-0.2, 0) is 11.3 Å². The number of hydrogen-bond acceptors (Lipinski definition) is 5. The Morgan fingerprint density at radius 2 is 2.11 bits per heavy atom. The summed E-state index contributed by atoms with van der Waals surface area (Å²) in [6.07, 6.45) is 0. The van der Waals surface area contributed by atoms with E-state index in [1.807, 2.05) is 0 Å². The van der Waals surface area contributed by atoms with Crippen molar-refractivity contribution in [3.8, 4) is 0 Å². The lowest BCUT2D eigenvalue weighted by Crippen LogP contribution is -1.99. The number of benzene rings is 1. The number of rotatable bonds is 4. The summed E-state index contributed by atoms with van der Waals surface area (Å²) in [7, 11) is 1.34. The number of aryl methyl sites for hydroxylation is 1. The second-order valence-corrected chi connectivity index (χ2v) is 4.90. The number of thiazole rings is 1. The van der Waals surface area contributed by atoms with Gasteiger partial charge in [-0.05, 0) is 24.6 Å². The van der Waals surface area contributed by atoms with Crippen molar-refractivity contribution in [1.82, 2.24) is 4.98 Å². The van der Waals surface area contributed by atoms with E-state index in [1.165, 1.54) is 30.6 Å². The summed E-state index contributed by atoms with van der Waals surface area (Å²) in [5.41, 5.74) is 1.58. The first kappa shape index (κ1) is 13.5. The molecule has 0 aliphatic carbocycles. The van der Waals surface area contributed by atoms with Gasteiger partial charge in [0.1, 0.15) is 10.7 Å². The van der Waals surface area contributed by atoms with E-state index in [0.717, 1.165) is 5.56 Å². The summed E-state index contributed by atoms with van der Waals surface area (Å²) < 4.78 is 17.4. The summed E-state index contributed by atoms with van der Waals surface area (Å²) in [6.45, 7) is 2.28. The lowest BCUT2D eigenvalue weighted by molar-refractivity contribution is 0.0605. The monoisotopic (exact) mass is 280 g/mol. The minimum absolute atomic E-state index is 0.262. The van der Waals surface area contributed by atoms with Crippen LogP contribution in [0, 0.1) is 12.7 Å². The summed E-state index contributed by atoms with van der Waals surface area (Å²) in [4.78, 5) is 16.2. The van der Waals surface area contributed by atoms with Crippen molar-refractivity contribution in [2.75, 3.05) is 12.4 Å². The van der Waals surface area contributed by atoms with Gasteiger partial charge in [0.25, 0.3) is 0 Å². The number of carbonyl (C=O) groups excluding carboxylic acids is 1. The van der Waals surface area contributed by atoms with Gasteiger partial charge in [0, 0.05) is 6.54 Å². The predicted molar refractivity (Wildman–Crippen MR) is 71.9 cm³/mol. The number of esters is 1. The number of methoxy groups -OCH3 is 1. The van der Waals surface area contributed by atoms with E-state index in [2.05, 4.69) is 15.0 Å². The maximum absolute atomic E-state index is 12.8. The highest BCUT2D eigenvalue weighted by Crippen LogP contribution is 2.23. The predicted octanol–water partition coefficient (Wildman–Crippen LogP) is 2.99. The van der Waals surface area contributed by atoms with Crippen molar-refractivity contribution in [3.63, 3.8) is 0 Å². The number of nitrogens with one attached hydrogen (secondary N) is 1. The number of nitrogens with zero attached hydrogens (tertiary/aromatic N) is 1. The molecule has 0 unspecified atom stereocenters. The molecule has 1 heterocycles. The van der Waals surface area contributed by atoms with E-state index in [-0.39, 0.29) is 11.8 Å². The molecule has 0 bridgehead atoms. The average molecular weight is 280 g/mol. The first-order valence-electron chi connectivity index (χ1n) is 5.64. The Morgan fingerprint density at radius 3 is 2.74 bits per heavy atom. The van der Waals surface area contributed by atoms with Crippen LogP contribution >= 0.6 is 11.3 Å². The van der Waals surface area contributed by atoms with Crippen LogP contribution in [0.1, 0.15) is 20.9 Å². The molecule has 0 fully saturated rings. The second-order valence-electron chi connectivity index (χ2n) is 3.91. The van der Waals surface area contributed by atoms with Crippen molar-refractivity contribution < 1.29 is 13.9 Å². The lowest BCUT2D eigenvalue weighted by Gasteiger charge is -2.02. The van der Waals surface area contributed by atoms with E-state index < -0.39 is 0 Å². The van der Waals surface area contributed by atoms with E-state index in [9.17, 15) is 9.18 Å². The van der Waals surface area contributed by atoms with Crippen LogP contribution < -0.4 is 5.32 Å². The molecule has 1 N–H and O–H groups in total. The number of ether oxygens (including phenoxy) is 1. The zero-order chi connectivity index (χ0) is 13.8. The molecule has 1 aromatic heterocycles. The van der Waals surface area contributed by atoms with Crippen LogP contribution in [-0.4, -0.2) is 18.1 Å². The molecule has 0 spiro atoms. The van der Waals surface area contributed by atoms with E-state index >= 15 is 0 Å². The quantitative estimate of drug-likeness (QED) is 0.875. The molecule has 6 heteroatoms. The third-order valence-corrected chi connectivity index (χ3v) is 3.62. The van der Waals surface area contributed by atoms with Gasteiger partial charge in [-0.1, -0.05) is 23.5 Å². The zero-order valence-electron chi connectivity index (χ0n) is 10.6. The van der Waals surface area contributed by atoms with Crippen LogP contribution in [0.3, 0.4) is 0 Å². The Kier molecular flexibility index (Phi) is 4.11. The van der Waals surface area contributed by atoms with E-state index in [1.54, 1.807) is 19.1 Å². The summed E-state index contributed by atoms with van der Waals surface area (Å²) in [5, 5.41) is 3.74. The van der Waals surface area contributed by atoms with Gasteiger partial charge < -0.3 is 10.1 Å². The number of hydrogen-bond donors (Lipinski definition) is 1. The van der Waals surface area contributed by atoms with Gasteiger partial charge in [-0.3, -0.25) is 0 Å². The highest BCUT2D eigenvalue weighted by Gasteiger charge is 2.15. The van der Waals surface area contributed by atoms with Crippen LogP contribution in [0.4, 0.5) is 9.52 Å². The molecule has 4 nitrogen and oxygen atoms in total. The summed E-state index contributed by atoms with van der Waals surface area (Å²) in [5.74, 6) is -0.647. The van der Waals surface area contributed by atoms with Gasteiger partial charge in [-0.15, -0.1) is 0 Å². The molecule has 0 aliphatic rings. The fourth-order valence-electron chi connectivity index (χ4n) is 1.53. The van der Waals surface area contributed by atoms with Gasteiger partial charge in [0.15, 0.2) is 5.13 Å². The number of carbonyl (C=O) groups is 1. The Hall–Kier alpha value is -1.95. The maximum atomic E-state index is 12.8. The van der Waals surface area contributed by atoms with E-state index in [4.69, 9.17) is 0 Å². The van der Waals surface area contributed by atoms with Crippen molar-refractivity contribution in [1.29, 1.82) is 0 Å². The molecule has 0 radical (unpaired) electrons. The smallest absolute Gasteiger partial charge is 0.350 e. The highest BCUT2D eigenvalue weighted by atomic mass is 32.1. The molecule has 2 rings (SSSR count). The normalized spacial score (nSPS) is 10.3. The number of anilines is 1. The van der Waals surface area contributed by atoms with Crippen molar-refractivity contribution in [2.45, 2.75) is 13.5 Å². The zero-order valence-corrected chi connectivity index (χ0v) is 11.4. The Balaban J connectivity index is 2.04. The first-order chi connectivity index (χ1) is 9.10. The van der Waals surface area contributed by atoms with Crippen molar-refractivity contribution in [3.05, 3.63) is 46.2 Å². The molecule has 1 aromatic carbocycles. The number of halogens is 1.